The number of carbonyl (C=O) groups excluding carboxylic acids is 2. The Morgan fingerprint density at radius 1 is 0.931 bits per heavy atom. The van der Waals surface area contributed by atoms with Crippen LogP contribution in [0.2, 0.25) is 5.02 Å². The minimum Gasteiger partial charge on any atom is -0.375 e. The molecule has 0 aliphatic carbocycles. The monoisotopic (exact) mass is 407 g/mol. The van der Waals surface area contributed by atoms with Crippen molar-refractivity contribution in [3.63, 3.8) is 0 Å². The summed E-state index contributed by atoms with van der Waals surface area (Å²) in [4.78, 5) is 26.9. The van der Waals surface area contributed by atoms with E-state index >= 15 is 0 Å². The van der Waals surface area contributed by atoms with Gasteiger partial charge in [0.05, 0.1) is 17.3 Å². The molecule has 0 saturated carbocycles. The molecule has 148 valence electrons. The minimum atomic E-state index is -0.232. The Morgan fingerprint density at radius 2 is 1.66 bits per heavy atom. The Morgan fingerprint density at radius 3 is 2.38 bits per heavy atom. The molecule has 0 heterocycles. The lowest BCUT2D eigenvalue weighted by molar-refractivity contribution is -0.114. The molecule has 29 heavy (non-hydrogen) atoms. The largest absolute Gasteiger partial charge is 0.375 e. The number of halogens is 1. The smallest absolute Gasteiger partial charge is 0.258 e. The van der Waals surface area contributed by atoms with Gasteiger partial charge in [-0.2, -0.15) is 0 Å². The van der Waals surface area contributed by atoms with Crippen molar-refractivity contribution in [3.8, 4) is 0 Å². The molecule has 0 spiro atoms. The van der Waals surface area contributed by atoms with Gasteiger partial charge in [0.25, 0.3) is 5.91 Å². The fraction of sp³-hybridized carbons (Fsp3) is 0.130. The standard InChI is InChI=1S/C23H22ClN3O2/c1-2-27(19-11-4-3-5-12-19)23(29)17-9-8-10-18(15-17)26-22(28)16-25-21-14-7-6-13-20(21)24/h3-15,25H,2,16H2,1H3,(H,26,28). The molecular formula is C23H22ClN3O2. The van der Waals surface area contributed by atoms with Gasteiger partial charge in [-0.15, -0.1) is 0 Å². The molecule has 0 fully saturated rings. The van der Waals surface area contributed by atoms with Gasteiger partial charge in [-0.05, 0) is 49.4 Å². The lowest BCUT2D eigenvalue weighted by Crippen LogP contribution is -2.30. The molecule has 3 rings (SSSR count). The van der Waals surface area contributed by atoms with Gasteiger partial charge < -0.3 is 15.5 Å². The normalized spacial score (nSPS) is 10.3. The molecule has 0 aliphatic rings. The molecule has 2 amide bonds. The van der Waals surface area contributed by atoms with Gasteiger partial charge >= 0.3 is 0 Å². The third-order valence-corrected chi connectivity index (χ3v) is 4.67. The predicted molar refractivity (Wildman–Crippen MR) is 119 cm³/mol. The van der Waals surface area contributed by atoms with Crippen molar-refractivity contribution in [1.82, 2.24) is 0 Å². The number of nitrogens with one attached hydrogen (secondary N) is 2. The molecule has 0 unspecified atom stereocenters. The van der Waals surface area contributed by atoms with Crippen molar-refractivity contribution in [1.29, 1.82) is 0 Å². The number of rotatable bonds is 7. The van der Waals surface area contributed by atoms with E-state index in [9.17, 15) is 9.59 Å². The van der Waals surface area contributed by atoms with Gasteiger partial charge in [-0.3, -0.25) is 9.59 Å². The van der Waals surface area contributed by atoms with E-state index in [1.165, 1.54) is 0 Å². The van der Waals surface area contributed by atoms with Crippen molar-refractivity contribution >= 4 is 40.5 Å². The molecule has 0 aromatic heterocycles. The van der Waals surface area contributed by atoms with Crippen molar-refractivity contribution in [2.24, 2.45) is 0 Å². The summed E-state index contributed by atoms with van der Waals surface area (Å²) >= 11 is 6.08. The summed E-state index contributed by atoms with van der Waals surface area (Å²) in [7, 11) is 0. The quantitative estimate of drug-likeness (QED) is 0.575. The summed E-state index contributed by atoms with van der Waals surface area (Å²) in [5, 5.41) is 6.36. The average molecular weight is 408 g/mol. The molecule has 3 aromatic carbocycles. The summed E-state index contributed by atoms with van der Waals surface area (Å²) in [6, 6.07) is 23.6. The number of para-hydroxylation sites is 2. The molecular weight excluding hydrogens is 386 g/mol. The Bertz CT molecular complexity index is 992. The molecule has 0 aliphatic heterocycles. The number of benzene rings is 3. The Balaban J connectivity index is 1.66. The van der Waals surface area contributed by atoms with Gasteiger partial charge in [0.1, 0.15) is 0 Å². The van der Waals surface area contributed by atoms with Crippen LogP contribution in [0.5, 0.6) is 0 Å². The fourth-order valence-corrected chi connectivity index (χ4v) is 3.12. The Hall–Kier alpha value is -3.31. The molecule has 0 bridgehead atoms. The summed E-state index contributed by atoms with van der Waals surface area (Å²) < 4.78 is 0. The van der Waals surface area contributed by atoms with E-state index in [1.54, 1.807) is 41.3 Å². The minimum absolute atomic E-state index is 0.0625. The number of amides is 2. The third-order valence-electron chi connectivity index (χ3n) is 4.34. The second kappa shape index (κ2) is 9.75. The van der Waals surface area contributed by atoms with Crippen LogP contribution in [0.15, 0.2) is 78.9 Å². The second-order valence-electron chi connectivity index (χ2n) is 6.35. The highest BCUT2D eigenvalue weighted by Gasteiger charge is 2.16. The van der Waals surface area contributed by atoms with Crippen LogP contribution in [0.4, 0.5) is 17.1 Å². The van der Waals surface area contributed by atoms with Gasteiger partial charge in [0, 0.05) is 23.5 Å². The molecule has 5 nitrogen and oxygen atoms in total. The zero-order chi connectivity index (χ0) is 20.6. The molecule has 0 atom stereocenters. The lowest BCUT2D eigenvalue weighted by Gasteiger charge is -2.21. The van der Waals surface area contributed by atoms with Gasteiger partial charge in [0.15, 0.2) is 0 Å². The molecule has 0 saturated heterocycles. The highest BCUT2D eigenvalue weighted by atomic mass is 35.5. The highest BCUT2D eigenvalue weighted by molar-refractivity contribution is 6.33. The first kappa shape index (κ1) is 20.4. The van der Waals surface area contributed by atoms with Crippen LogP contribution >= 0.6 is 11.6 Å². The van der Waals surface area contributed by atoms with E-state index in [-0.39, 0.29) is 18.4 Å². The summed E-state index contributed by atoms with van der Waals surface area (Å²) in [5.74, 6) is -0.353. The SMILES string of the molecule is CCN(C(=O)c1cccc(NC(=O)CNc2ccccc2Cl)c1)c1ccccc1. The maximum Gasteiger partial charge on any atom is 0.258 e. The first-order valence-corrected chi connectivity index (χ1v) is 9.71. The third kappa shape index (κ3) is 5.36. The number of hydrogen-bond donors (Lipinski definition) is 2. The van der Waals surface area contributed by atoms with Crippen LogP contribution in [0.3, 0.4) is 0 Å². The number of carbonyl (C=O) groups is 2. The van der Waals surface area contributed by atoms with E-state index < -0.39 is 0 Å². The van der Waals surface area contributed by atoms with Gasteiger partial charge in [-0.25, -0.2) is 0 Å². The second-order valence-corrected chi connectivity index (χ2v) is 6.75. The van der Waals surface area contributed by atoms with Crippen molar-refractivity contribution < 1.29 is 9.59 Å². The molecule has 0 radical (unpaired) electrons. The molecule has 2 N–H and O–H groups in total. The van der Waals surface area contributed by atoms with E-state index in [0.29, 0.717) is 28.5 Å². The van der Waals surface area contributed by atoms with Crippen LogP contribution in [0, 0.1) is 0 Å². The first-order chi connectivity index (χ1) is 14.1. The first-order valence-electron chi connectivity index (χ1n) is 9.33. The van der Waals surface area contributed by atoms with Crippen LogP contribution in [0.1, 0.15) is 17.3 Å². The van der Waals surface area contributed by atoms with Crippen LogP contribution in [-0.2, 0) is 4.79 Å². The van der Waals surface area contributed by atoms with E-state index in [1.807, 2.05) is 49.4 Å². The average Bonchev–Trinajstić information content (AvgIpc) is 2.74. The fourth-order valence-electron chi connectivity index (χ4n) is 2.92. The van der Waals surface area contributed by atoms with E-state index in [0.717, 1.165) is 5.69 Å². The summed E-state index contributed by atoms with van der Waals surface area (Å²) in [5.41, 5.74) is 2.59. The van der Waals surface area contributed by atoms with Crippen molar-refractivity contribution in [2.75, 3.05) is 28.6 Å². The van der Waals surface area contributed by atoms with Crippen molar-refractivity contribution in [3.05, 3.63) is 89.4 Å². The van der Waals surface area contributed by atoms with Crippen LogP contribution in [0.25, 0.3) is 0 Å². The van der Waals surface area contributed by atoms with Gasteiger partial charge in [0.2, 0.25) is 5.91 Å². The Labute approximate surface area is 175 Å². The molecule has 6 heteroatoms. The van der Waals surface area contributed by atoms with Crippen molar-refractivity contribution in [2.45, 2.75) is 6.92 Å². The molecule has 3 aromatic rings. The zero-order valence-corrected chi connectivity index (χ0v) is 16.8. The number of nitrogens with zero attached hydrogens (tertiary/aromatic N) is 1. The predicted octanol–water partition coefficient (Wildman–Crippen LogP) is 5.06. The topological polar surface area (TPSA) is 61.4 Å². The highest BCUT2D eigenvalue weighted by Crippen LogP contribution is 2.21. The lowest BCUT2D eigenvalue weighted by atomic mass is 10.1. The summed E-state index contributed by atoms with van der Waals surface area (Å²) in [6.07, 6.45) is 0. The number of hydrogen-bond acceptors (Lipinski definition) is 3. The maximum absolute atomic E-state index is 12.9. The van der Waals surface area contributed by atoms with E-state index in [4.69, 9.17) is 11.6 Å². The zero-order valence-electron chi connectivity index (χ0n) is 16.1. The number of anilines is 3. The summed E-state index contributed by atoms with van der Waals surface area (Å²) in [6.45, 7) is 2.53. The van der Waals surface area contributed by atoms with E-state index in [2.05, 4.69) is 10.6 Å². The Kier molecular flexibility index (Phi) is 6.87. The van der Waals surface area contributed by atoms with Crippen LogP contribution in [-0.4, -0.2) is 24.9 Å². The van der Waals surface area contributed by atoms with Gasteiger partial charge in [-0.1, -0.05) is 48.0 Å². The van der Waals surface area contributed by atoms with Crippen LogP contribution < -0.4 is 15.5 Å². The maximum atomic E-state index is 12.9.